The number of rotatable bonds is 4. The minimum atomic E-state index is 0.308. The third-order valence-corrected chi connectivity index (χ3v) is 5.68. The van der Waals surface area contributed by atoms with Crippen LogP contribution >= 0.6 is 0 Å². The molecule has 1 saturated heterocycles. The van der Waals surface area contributed by atoms with E-state index in [1.54, 1.807) is 0 Å². The van der Waals surface area contributed by atoms with Gasteiger partial charge in [0.05, 0.1) is 11.7 Å². The first-order chi connectivity index (χ1) is 8.77. The van der Waals surface area contributed by atoms with E-state index in [4.69, 9.17) is 10.5 Å². The quantitative estimate of drug-likeness (QED) is 0.825. The lowest BCUT2D eigenvalue weighted by molar-refractivity contribution is -0.0402. The van der Waals surface area contributed by atoms with Crippen LogP contribution in [0, 0.1) is 5.92 Å². The summed E-state index contributed by atoms with van der Waals surface area (Å²) in [7, 11) is 0. The SMILES string of the molecule is NC(CCC1CCC2(CCCC2)O1)C1CCCC1. The molecule has 0 aromatic carbocycles. The van der Waals surface area contributed by atoms with Crippen molar-refractivity contribution in [3.63, 3.8) is 0 Å². The van der Waals surface area contributed by atoms with Gasteiger partial charge in [-0.2, -0.15) is 0 Å². The van der Waals surface area contributed by atoms with Crippen LogP contribution < -0.4 is 5.73 Å². The van der Waals surface area contributed by atoms with E-state index in [1.165, 1.54) is 77.0 Å². The van der Waals surface area contributed by atoms with Crippen molar-refractivity contribution in [1.82, 2.24) is 0 Å². The molecule has 2 saturated carbocycles. The van der Waals surface area contributed by atoms with Crippen LogP contribution in [0.3, 0.4) is 0 Å². The van der Waals surface area contributed by atoms with Gasteiger partial charge in [-0.3, -0.25) is 0 Å². The zero-order valence-corrected chi connectivity index (χ0v) is 11.7. The fraction of sp³-hybridized carbons (Fsp3) is 1.00. The van der Waals surface area contributed by atoms with Crippen LogP contribution in [0.5, 0.6) is 0 Å². The maximum atomic E-state index is 6.37. The molecule has 2 heteroatoms. The van der Waals surface area contributed by atoms with Gasteiger partial charge >= 0.3 is 0 Å². The summed E-state index contributed by atoms with van der Waals surface area (Å²) in [5, 5.41) is 0. The molecular weight excluding hydrogens is 222 g/mol. The van der Waals surface area contributed by atoms with E-state index >= 15 is 0 Å². The number of nitrogens with two attached hydrogens (primary N) is 1. The van der Waals surface area contributed by atoms with Crippen molar-refractivity contribution in [3.8, 4) is 0 Å². The van der Waals surface area contributed by atoms with Gasteiger partial charge in [0, 0.05) is 6.04 Å². The maximum absolute atomic E-state index is 6.37. The minimum Gasteiger partial charge on any atom is -0.372 e. The molecule has 0 aromatic rings. The average molecular weight is 251 g/mol. The predicted octanol–water partition coefficient (Wildman–Crippen LogP) is 3.78. The molecule has 3 aliphatic rings. The molecule has 2 aliphatic carbocycles. The molecule has 1 aliphatic heterocycles. The summed E-state index contributed by atoms with van der Waals surface area (Å²) in [4.78, 5) is 0. The topological polar surface area (TPSA) is 35.2 Å². The number of ether oxygens (including phenoxy) is 1. The van der Waals surface area contributed by atoms with Crippen LogP contribution in [0.2, 0.25) is 0 Å². The fourth-order valence-corrected chi connectivity index (χ4v) is 4.49. The second kappa shape index (κ2) is 5.50. The summed E-state index contributed by atoms with van der Waals surface area (Å²) in [6.07, 6.45) is 16.5. The molecule has 2 nitrogen and oxygen atoms in total. The molecule has 3 fully saturated rings. The zero-order valence-electron chi connectivity index (χ0n) is 11.7. The average Bonchev–Trinajstić information content (AvgIpc) is 3.09. The van der Waals surface area contributed by atoms with Crippen molar-refractivity contribution in [2.45, 2.75) is 94.8 Å². The van der Waals surface area contributed by atoms with E-state index in [2.05, 4.69) is 0 Å². The predicted molar refractivity (Wildman–Crippen MR) is 74.5 cm³/mol. The van der Waals surface area contributed by atoms with Crippen molar-refractivity contribution in [3.05, 3.63) is 0 Å². The third kappa shape index (κ3) is 2.75. The molecule has 0 amide bonds. The monoisotopic (exact) mass is 251 g/mol. The highest BCUT2D eigenvalue weighted by Gasteiger charge is 2.42. The van der Waals surface area contributed by atoms with Crippen molar-refractivity contribution in [2.75, 3.05) is 0 Å². The van der Waals surface area contributed by atoms with Crippen molar-refractivity contribution in [1.29, 1.82) is 0 Å². The first kappa shape index (κ1) is 12.9. The Balaban J connectivity index is 1.41. The van der Waals surface area contributed by atoms with Crippen LogP contribution in [0.25, 0.3) is 0 Å². The molecule has 2 unspecified atom stereocenters. The first-order valence-electron chi connectivity index (χ1n) is 8.21. The van der Waals surface area contributed by atoms with Crippen LogP contribution in [0.4, 0.5) is 0 Å². The Morgan fingerprint density at radius 1 is 1.00 bits per heavy atom. The van der Waals surface area contributed by atoms with E-state index in [-0.39, 0.29) is 0 Å². The molecule has 0 radical (unpaired) electrons. The summed E-state index contributed by atoms with van der Waals surface area (Å²) in [6, 6.07) is 0.441. The van der Waals surface area contributed by atoms with Gasteiger partial charge in [-0.1, -0.05) is 25.7 Å². The van der Waals surface area contributed by atoms with Gasteiger partial charge in [-0.25, -0.2) is 0 Å². The largest absolute Gasteiger partial charge is 0.372 e. The maximum Gasteiger partial charge on any atom is 0.0687 e. The van der Waals surface area contributed by atoms with Gasteiger partial charge < -0.3 is 10.5 Å². The Labute approximate surface area is 112 Å². The molecule has 2 N–H and O–H groups in total. The van der Waals surface area contributed by atoms with Gasteiger partial charge in [0.15, 0.2) is 0 Å². The van der Waals surface area contributed by atoms with Gasteiger partial charge in [0.2, 0.25) is 0 Å². The van der Waals surface area contributed by atoms with E-state index in [0.717, 1.165) is 5.92 Å². The smallest absolute Gasteiger partial charge is 0.0687 e. The minimum absolute atomic E-state index is 0.308. The van der Waals surface area contributed by atoms with Crippen molar-refractivity contribution in [2.24, 2.45) is 11.7 Å². The number of hydrogen-bond donors (Lipinski definition) is 1. The zero-order chi connectivity index (χ0) is 12.4. The van der Waals surface area contributed by atoms with E-state index in [0.29, 0.717) is 17.7 Å². The van der Waals surface area contributed by atoms with Gasteiger partial charge in [-0.15, -0.1) is 0 Å². The standard InChI is InChI=1S/C16H29NO/c17-15(13-5-1-2-6-13)8-7-14-9-12-16(18-14)10-3-4-11-16/h13-15H,1-12,17H2. The molecule has 1 spiro atoms. The highest BCUT2D eigenvalue weighted by molar-refractivity contribution is 4.93. The Hall–Kier alpha value is -0.0800. The molecule has 2 atom stereocenters. The molecule has 3 rings (SSSR count). The summed E-state index contributed by atoms with van der Waals surface area (Å²) in [6.45, 7) is 0. The summed E-state index contributed by atoms with van der Waals surface area (Å²) in [5.41, 5.74) is 6.65. The van der Waals surface area contributed by atoms with E-state index in [9.17, 15) is 0 Å². The highest BCUT2D eigenvalue weighted by atomic mass is 16.5. The molecular formula is C16H29NO. The molecule has 0 bridgehead atoms. The lowest BCUT2D eigenvalue weighted by atomic mass is 9.93. The summed E-state index contributed by atoms with van der Waals surface area (Å²) in [5.74, 6) is 0.812. The second-order valence-corrected chi connectivity index (χ2v) is 6.95. The van der Waals surface area contributed by atoms with Crippen LogP contribution in [-0.2, 0) is 4.74 Å². The van der Waals surface area contributed by atoms with E-state index in [1.807, 2.05) is 0 Å². The molecule has 104 valence electrons. The second-order valence-electron chi connectivity index (χ2n) is 6.95. The molecule has 1 heterocycles. The lowest BCUT2D eigenvalue weighted by Gasteiger charge is -2.25. The Morgan fingerprint density at radius 3 is 2.44 bits per heavy atom. The molecule has 0 aromatic heterocycles. The van der Waals surface area contributed by atoms with Gasteiger partial charge in [0.25, 0.3) is 0 Å². The lowest BCUT2D eigenvalue weighted by Crippen LogP contribution is -2.30. The first-order valence-corrected chi connectivity index (χ1v) is 8.21. The van der Waals surface area contributed by atoms with Crippen molar-refractivity contribution < 1.29 is 4.74 Å². The number of hydrogen-bond acceptors (Lipinski definition) is 2. The summed E-state index contributed by atoms with van der Waals surface area (Å²) < 4.78 is 6.37. The van der Waals surface area contributed by atoms with Gasteiger partial charge in [-0.05, 0) is 57.3 Å². The third-order valence-electron chi connectivity index (χ3n) is 5.68. The van der Waals surface area contributed by atoms with E-state index < -0.39 is 0 Å². The summed E-state index contributed by atoms with van der Waals surface area (Å²) >= 11 is 0. The highest BCUT2D eigenvalue weighted by Crippen LogP contribution is 2.44. The van der Waals surface area contributed by atoms with Crippen molar-refractivity contribution >= 4 is 0 Å². The Morgan fingerprint density at radius 2 is 1.72 bits per heavy atom. The van der Waals surface area contributed by atoms with Crippen LogP contribution in [0.1, 0.15) is 77.0 Å². The van der Waals surface area contributed by atoms with Gasteiger partial charge in [0.1, 0.15) is 0 Å². The van der Waals surface area contributed by atoms with Crippen LogP contribution in [-0.4, -0.2) is 17.7 Å². The normalized spacial score (nSPS) is 33.5. The Bertz CT molecular complexity index is 266. The molecule has 18 heavy (non-hydrogen) atoms. The van der Waals surface area contributed by atoms with Crippen LogP contribution in [0.15, 0.2) is 0 Å². The Kier molecular flexibility index (Phi) is 3.95. The fourth-order valence-electron chi connectivity index (χ4n) is 4.49.